The van der Waals surface area contributed by atoms with Gasteiger partial charge in [-0.1, -0.05) is 28.1 Å². The summed E-state index contributed by atoms with van der Waals surface area (Å²) in [7, 11) is 0. The number of carbonyl (C=O) groups excluding carboxylic acids is 2. The van der Waals surface area contributed by atoms with Crippen molar-refractivity contribution in [3.05, 3.63) is 58.1 Å². The zero-order valence-electron chi connectivity index (χ0n) is 11.3. The van der Waals surface area contributed by atoms with E-state index in [1.54, 1.807) is 36.4 Å². The van der Waals surface area contributed by atoms with Crippen LogP contribution in [-0.2, 0) is 37.5 Å². The van der Waals surface area contributed by atoms with Crippen molar-refractivity contribution in [2.75, 3.05) is 5.32 Å². The fourth-order valence-electron chi connectivity index (χ4n) is 1.76. The predicted molar refractivity (Wildman–Crippen MR) is 79.9 cm³/mol. The summed E-state index contributed by atoms with van der Waals surface area (Å²) >= 11 is 3.23. The molecule has 4 nitrogen and oxygen atoms in total. The smallest absolute Gasteiger partial charge is 0.296 e. The minimum Gasteiger partial charge on any atom is -0.508 e. The molecule has 0 unspecified atom stereocenters. The molecule has 1 aliphatic rings. The summed E-state index contributed by atoms with van der Waals surface area (Å²) in [6, 6.07) is 12.1. The van der Waals surface area contributed by atoms with Gasteiger partial charge in [0.25, 0.3) is 11.7 Å². The van der Waals surface area contributed by atoms with Crippen LogP contribution < -0.4 is 5.32 Å². The van der Waals surface area contributed by atoms with E-state index in [4.69, 9.17) is 5.11 Å². The maximum Gasteiger partial charge on any atom is 0.296 e. The minimum absolute atomic E-state index is 0. The molecule has 0 atom stereocenters. The number of nitrogens with one attached hydrogen (secondary N) is 1. The molecular formula is C15H12BrNO3Y. The molecule has 0 bridgehead atoms. The topological polar surface area (TPSA) is 66.4 Å². The van der Waals surface area contributed by atoms with Gasteiger partial charge in [0.15, 0.2) is 0 Å². The molecule has 21 heavy (non-hydrogen) atoms. The number of aryl methyl sites for hydroxylation is 1. The average Bonchev–Trinajstić information content (AvgIpc) is 2.72. The molecule has 0 fully saturated rings. The van der Waals surface area contributed by atoms with Crippen LogP contribution in [0, 0.1) is 6.92 Å². The first kappa shape index (κ1) is 18.0. The molecule has 1 amide bonds. The van der Waals surface area contributed by atoms with Gasteiger partial charge in [-0.05, 0) is 42.8 Å². The van der Waals surface area contributed by atoms with Crippen molar-refractivity contribution in [2.24, 2.45) is 0 Å². The SMILES string of the molecule is Cc1cccc2c1NC(=O)C2=O.Oc1ccc(Br)cc1.[Y]. The van der Waals surface area contributed by atoms with Crippen LogP contribution in [0.4, 0.5) is 5.69 Å². The first-order valence-corrected chi connectivity index (χ1v) is 6.68. The molecule has 0 saturated heterocycles. The molecule has 0 spiro atoms. The van der Waals surface area contributed by atoms with E-state index in [1.807, 2.05) is 13.0 Å². The van der Waals surface area contributed by atoms with Gasteiger partial charge in [-0.3, -0.25) is 9.59 Å². The molecule has 1 radical (unpaired) electrons. The number of carbonyl (C=O) groups is 2. The number of anilines is 1. The Morgan fingerprint density at radius 1 is 1.05 bits per heavy atom. The molecule has 0 aromatic heterocycles. The fraction of sp³-hybridized carbons (Fsp3) is 0.0667. The number of para-hydroxylation sites is 1. The molecule has 6 heteroatoms. The molecule has 0 aliphatic carbocycles. The van der Waals surface area contributed by atoms with Crippen LogP contribution in [0.25, 0.3) is 0 Å². The number of phenolic OH excluding ortho intramolecular Hbond substituents is 1. The quantitative estimate of drug-likeness (QED) is 0.640. The summed E-state index contributed by atoms with van der Waals surface area (Å²) in [6.07, 6.45) is 0. The third kappa shape index (κ3) is 4.46. The van der Waals surface area contributed by atoms with E-state index in [-0.39, 0.29) is 32.7 Å². The maximum atomic E-state index is 11.1. The molecule has 1 aliphatic heterocycles. The van der Waals surface area contributed by atoms with Gasteiger partial charge in [-0.15, -0.1) is 0 Å². The number of hydrogen-bond acceptors (Lipinski definition) is 3. The number of benzene rings is 2. The minimum atomic E-state index is -0.528. The van der Waals surface area contributed by atoms with E-state index >= 15 is 0 Å². The van der Waals surface area contributed by atoms with Crippen LogP contribution >= 0.6 is 15.9 Å². The summed E-state index contributed by atoms with van der Waals surface area (Å²) < 4.78 is 0.982. The molecule has 105 valence electrons. The van der Waals surface area contributed by atoms with Gasteiger partial charge in [0.1, 0.15) is 5.75 Å². The van der Waals surface area contributed by atoms with Gasteiger partial charge in [0, 0.05) is 37.2 Å². The standard InChI is InChI=1S/C9H7NO2.C6H5BrO.Y/c1-5-3-2-4-6-7(5)10-9(12)8(6)11;7-5-1-3-6(8)4-2-5;/h2-4H,1H3,(H,10,11,12);1-4,8H;. The molecule has 1 heterocycles. The Kier molecular flexibility index (Phi) is 6.71. The van der Waals surface area contributed by atoms with E-state index in [0.717, 1.165) is 10.0 Å². The summed E-state index contributed by atoms with van der Waals surface area (Å²) in [5, 5.41) is 11.3. The second kappa shape index (κ2) is 7.83. The van der Waals surface area contributed by atoms with Crippen molar-refractivity contribution in [1.82, 2.24) is 0 Å². The van der Waals surface area contributed by atoms with Crippen LogP contribution in [0.15, 0.2) is 46.9 Å². The van der Waals surface area contributed by atoms with Gasteiger partial charge in [0.05, 0.1) is 11.3 Å². The van der Waals surface area contributed by atoms with E-state index in [1.165, 1.54) is 0 Å². The van der Waals surface area contributed by atoms with Gasteiger partial charge >= 0.3 is 0 Å². The Balaban J connectivity index is 0.000000216. The fourth-order valence-corrected chi connectivity index (χ4v) is 2.02. The predicted octanol–water partition coefficient (Wildman–Crippen LogP) is 3.28. The van der Waals surface area contributed by atoms with Crippen LogP contribution in [0.5, 0.6) is 5.75 Å². The van der Waals surface area contributed by atoms with Crippen molar-refractivity contribution >= 4 is 33.3 Å². The van der Waals surface area contributed by atoms with Crippen molar-refractivity contribution in [2.45, 2.75) is 6.92 Å². The molecular weight excluding hydrogens is 411 g/mol. The number of fused-ring (bicyclic) bond motifs is 1. The van der Waals surface area contributed by atoms with Gasteiger partial charge in [-0.2, -0.15) is 0 Å². The Morgan fingerprint density at radius 2 is 1.67 bits per heavy atom. The van der Waals surface area contributed by atoms with E-state index in [2.05, 4.69) is 21.2 Å². The Morgan fingerprint density at radius 3 is 2.19 bits per heavy atom. The third-order valence-electron chi connectivity index (χ3n) is 2.79. The van der Waals surface area contributed by atoms with Crippen LogP contribution in [0.3, 0.4) is 0 Å². The van der Waals surface area contributed by atoms with Crippen LogP contribution in [0.1, 0.15) is 15.9 Å². The van der Waals surface area contributed by atoms with E-state index in [0.29, 0.717) is 17.0 Å². The van der Waals surface area contributed by atoms with Crippen molar-refractivity contribution < 1.29 is 47.4 Å². The van der Waals surface area contributed by atoms with Gasteiger partial charge in [0.2, 0.25) is 0 Å². The Labute approximate surface area is 156 Å². The molecule has 2 aromatic carbocycles. The molecule has 0 saturated carbocycles. The summed E-state index contributed by atoms with van der Waals surface area (Å²) in [5.74, 6) is -0.666. The second-order valence-corrected chi connectivity index (χ2v) is 5.17. The number of phenols is 1. The zero-order valence-corrected chi connectivity index (χ0v) is 15.7. The number of hydrogen-bond donors (Lipinski definition) is 2. The van der Waals surface area contributed by atoms with Crippen molar-refractivity contribution in [3.8, 4) is 5.75 Å². The van der Waals surface area contributed by atoms with Gasteiger partial charge in [-0.25, -0.2) is 0 Å². The Hall–Kier alpha value is -1.04. The molecule has 2 N–H and O–H groups in total. The summed E-state index contributed by atoms with van der Waals surface area (Å²) in [5.41, 5.74) is 2.07. The number of rotatable bonds is 0. The average molecular weight is 423 g/mol. The van der Waals surface area contributed by atoms with Gasteiger partial charge < -0.3 is 10.4 Å². The number of ketones is 1. The van der Waals surface area contributed by atoms with Crippen molar-refractivity contribution in [3.63, 3.8) is 0 Å². The number of Topliss-reactive ketones (excluding diaryl/α,β-unsaturated/α-hetero) is 1. The Bertz CT molecular complexity index is 650. The number of amides is 1. The van der Waals surface area contributed by atoms with Crippen LogP contribution in [0.2, 0.25) is 0 Å². The van der Waals surface area contributed by atoms with E-state index in [9.17, 15) is 9.59 Å². The number of halogens is 1. The summed E-state index contributed by atoms with van der Waals surface area (Å²) in [4.78, 5) is 22.1. The summed E-state index contributed by atoms with van der Waals surface area (Å²) in [6.45, 7) is 1.86. The monoisotopic (exact) mass is 422 g/mol. The van der Waals surface area contributed by atoms with Crippen LogP contribution in [-0.4, -0.2) is 16.8 Å². The van der Waals surface area contributed by atoms with Crippen molar-refractivity contribution in [1.29, 1.82) is 0 Å². The maximum absolute atomic E-state index is 11.1. The first-order valence-electron chi connectivity index (χ1n) is 5.89. The second-order valence-electron chi connectivity index (χ2n) is 4.26. The van der Waals surface area contributed by atoms with E-state index < -0.39 is 11.7 Å². The first-order chi connectivity index (χ1) is 9.49. The largest absolute Gasteiger partial charge is 0.508 e. The third-order valence-corrected chi connectivity index (χ3v) is 3.32. The normalized spacial score (nSPS) is 11.7. The molecule has 2 aromatic rings. The zero-order chi connectivity index (χ0) is 14.7. The molecule has 3 rings (SSSR count). The number of aromatic hydroxyl groups is 1.